The molecule has 26 heavy (non-hydrogen) atoms. The molecule has 4 rings (SSSR count). The van der Waals surface area contributed by atoms with Gasteiger partial charge in [-0.1, -0.05) is 32.0 Å². The van der Waals surface area contributed by atoms with Gasteiger partial charge in [0, 0.05) is 12.0 Å². The van der Waals surface area contributed by atoms with Crippen LogP contribution in [-0.2, 0) is 16.1 Å². The zero-order chi connectivity index (χ0) is 18.7. The van der Waals surface area contributed by atoms with Crippen LogP contribution in [0.2, 0.25) is 0 Å². The number of rotatable bonds is 3. The van der Waals surface area contributed by atoms with Crippen LogP contribution in [0.15, 0.2) is 23.4 Å². The Morgan fingerprint density at radius 2 is 1.96 bits per heavy atom. The maximum Gasteiger partial charge on any atom is 0.234 e. The van der Waals surface area contributed by atoms with Crippen LogP contribution in [-0.4, -0.2) is 29.4 Å². The molecule has 2 fully saturated rings. The number of hydrogen-bond acceptors (Lipinski definition) is 6. The van der Waals surface area contributed by atoms with Gasteiger partial charge in [0.05, 0.1) is 0 Å². The fraction of sp³-hybridized carbons (Fsp3) is 0.526. The Bertz CT molecular complexity index is 846. The number of ketones is 1. The fourth-order valence-electron chi connectivity index (χ4n) is 4.84. The van der Waals surface area contributed by atoms with E-state index in [2.05, 4.69) is 10.5 Å². The van der Waals surface area contributed by atoms with Crippen LogP contribution in [0.4, 0.5) is 0 Å². The molecule has 7 nitrogen and oxygen atoms in total. The Balaban J connectivity index is 1.59. The lowest BCUT2D eigenvalue weighted by Gasteiger charge is -2.37. The van der Waals surface area contributed by atoms with E-state index in [0.717, 1.165) is 5.56 Å². The second-order valence-electron chi connectivity index (χ2n) is 8.01. The van der Waals surface area contributed by atoms with Crippen molar-refractivity contribution in [3.63, 3.8) is 0 Å². The van der Waals surface area contributed by atoms with Gasteiger partial charge in [-0.2, -0.15) is 0 Å². The maximum atomic E-state index is 13.1. The van der Waals surface area contributed by atoms with Crippen LogP contribution in [0.3, 0.4) is 0 Å². The van der Waals surface area contributed by atoms with Crippen LogP contribution < -0.4 is 14.8 Å². The SMILES string of the molecule is CC12CCC(C(=O)NCc3ccc4c(c3)OCO4)(C(=O)C1=NO)C2(C)C. The summed E-state index contributed by atoms with van der Waals surface area (Å²) in [5.41, 5.74) is -1.45. The third-order valence-electron chi connectivity index (χ3n) is 6.95. The van der Waals surface area contributed by atoms with E-state index in [-0.39, 0.29) is 30.7 Å². The number of oxime groups is 1. The molecule has 2 unspecified atom stereocenters. The Kier molecular flexibility index (Phi) is 3.39. The number of nitrogens with one attached hydrogen (secondary N) is 1. The van der Waals surface area contributed by atoms with Gasteiger partial charge < -0.3 is 20.0 Å². The molecule has 7 heteroatoms. The molecule has 1 aromatic carbocycles. The van der Waals surface area contributed by atoms with E-state index in [1.807, 2.05) is 32.9 Å². The lowest BCUT2D eigenvalue weighted by Crippen LogP contribution is -2.50. The first-order valence-electron chi connectivity index (χ1n) is 8.72. The highest BCUT2D eigenvalue weighted by Gasteiger charge is 2.76. The molecule has 1 aromatic rings. The normalized spacial score (nSPS) is 32.3. The van der Waals surface area contributed by atoms with Crippen LogP contribution in [0.5, 0.6) is 11.5 Å². The minimum absolute atomic E-state index is 0.118. The van der Waals surface area contributed by atoms with Crippen LogP contribution in [0.1, 0.15) is 39.2 Å². The number of fused-ring (bicyclic) bond motifs is 3. The number of ether oxygens (including phenoxy) is 2. The molecule has 0 radical (unpaired) electrons. The molecule has 0 spiro atoms. The molecule has 3 aliphatic rings. The molecular weight excluding hydrogens is 336 g/mol. The van der Waals surface area contributed by atoms with Gasteiger partial charge in [0.2, 0.25) is 12.7 Å². The van der Waals surface area contributed by atoms with Crippen molar-refractivity contribution in [2.75, 3.05) is 6.79 Å². The van der Waals surface area contributed by atoms with Gasteiger partial charge in [0.25, 0.3) is 0 Å². The largest absolute Gasteiger partial charge is 0.454 e. The smallest absolute Gasteiger partial charge is 0.234 e. The topological polar surface area (TPSA) is 97.2 Å². The predicted octanol–water partition coefficient (Wildman–Crippen LogP) is 2.26. The zero-order valence-electron chi connectivity index (χ0n) is 15.1. The van der Waals surface area contributed by atoms with Gasteiger partial charge in [-0.25, -0.2) is 0 Å². The van der Waals surface area contributed by atoms with Gasteiger partial charge in [0.15, 0.2) is 17.3 Å². The summed E-state index contributed by atoms with van der Waals surface area (Å²) in [7, 11) is 0. The van der Waals surface area contributed by atoms with E-state index in [9.17, 15) is 14.8 Å². The third kappa shape index (κ3) is 1.80. The Morgan fingerprint density at radius 3 is 2.65 bits per heavy atom. The van der Waals surface area contributed by atoms with Gasteiger partial charge in [-0.3, -0.25) is 9.59 Å². The van der Waals surface area contributed by atoms with Gasteiger partial charge in [-0.05, 0) is 36.0 Å². The molecule has 2 aliphatic carbocycles. The number of carbonyl (C=O) groups is 2. The van der Waals surface area contributed by atoms with Crippen molar-refractivity contribution < 1.29 is 24.3 Å². The van der Waals surface area contributed by atoms with E-state index in [1.165, 1.54) is 0 Å². The zero-order valence-corrected chi connectivity index (χ0v) is 15.1. The number of amides is 1. The average Bonchev–Trinajstić information content (AvgIpc) is 3.18. The van der Waals surface area contributed by atoms with Crippen molar-refractivity contribution in [2.45, 2.75) is 40.2 Å². The Labute approximate surface area is 151 Å². The van der Waals surface area contributed by atoms with Crippen LogP contribution in [0.25, 0.3) is 0 Å². The van der Waals surface area contributed by atoms with Crippen molar-refractivity contribution in [1.82, 2.24) is 5.32 Å². The minimum atomic E-state index is -1.19. The summed E-state index contributed by atoms with van der Waals surface area (Å²) in [6.07, 6.45) is 1.10. The van der Waals surface area contributed by atoms with E-state index < -0.39 is 16.2 Å². The van der Waals surface area contributed by atoms with Crippen molar-refractivity contribution in [1.29, 1.82) is 0 Å². The number of Topliss-reactive ketones (excluding diaryl/α,β-unsaturated/α-hetero) is 1. The van der Waals surface area contributed by atoms with Crippen molar-refractivity contribution in [2.24, 2.45) is 21.4 Å². The molecule has 0 aromatic heterocycles. The summed E-state index contributed by atoms with van der Waals surface area (Å²) in [5.74, 6) is 0.658. The van der Waals surface area contributed by atoms with Crippen molar-refractivity contribution in [3.8, 4) is 11.5 Å². The molecule has 1 heterocycles. The highest BCUT2D eigenvalue weighted by atomic mass is 16.7. The van der Waals surface area contributed by atoms with Crippen LogP contribution >= 0.6 is 0 Å². The lowest BCUT2D eigenvalue weighted by atomic mass is 9.64. The molecule has 138 valence electrons. The molecule has 1 amide bonds. The second-order valence-corrected chi connectivity index (χ2v) is 8.01. The summed E-state index contributed by atoms with van der Waals surface area (Å²) in [6, 6.07) is 5.48. The Hall–Kier alpha value is -2.57. The van der Waals surface area contributed by atoms with Gasteiger partial charge in [-0.15, -0.1) is 0 Å². The molecule has 2 atom stereocenters. The predicted molar refractivity (Wildman–Crippen MR) is 92.2 cm³/mol. The highest BCUT2D eigenvalue weighted by Crippen LogP contribution is 2.69. The van der Waals surface area contributed by atoms with E-state index in [0.29, 0.717) is 24.3 Å². The first-order chi connectivity index (χ1) is 12.3. The first kappa shape index (κ1) is 16.9. The van der Waals surface area contributed by atoms with Crippen molar-refractivity contribution >= 4 is 17.4 Å². The minimum Gasteiger partial charge on any atom is -0.454 e. The molecule has 2 bridgehead atoms. The van der Waals surface area contributed by atoms with Gasteiger partial charge >= 0.3 is 0 Å². The summed E-state index contributed by atoms with van der Waals surface area (Å²) < 4.78 is 10.6. The van der Waals surface area contributed by atoms with E-state index >= 15 is 0 Å². The lowest BCUT2D eigenvalue weighted by molar-refractivity contribution is -0.144. The molecule has 0 saturated heterocycles. The number of hydrogen-bond donors (Lipinski definition) is 2. The quantitative estimate of drug-likeness (QED) is 0.491. The molecule has 1 aliphatic heterocycles. The second kappa shape index (κ2) is 5.22. The fourth-order valence-corrected chi connectivity index (χ4v) is 4.84. The number of carbonyl (C=O) groups excluding carboxylic acids is 2. The molecule has 2 saturated carbocycles. The number of nitrogens with zero attached hydrogens (tertiary/aromatic N) is 1. The van der Waals surface area contributed by atoms with Gasteiger partial charge in [0.1, 0.15) is 11.1 Å². The number of benzene rings is 1. The molecule has 2 N–H and O–H groups in total. The molecular formula is C19H22N2O5. The summed E-state index contributed by atoms with van der Waals surface area (Å²) in [6.45, 7) is 6.20. The average molecular weight is 358 g/mol. The Morgan fingerprint density at radius 1 is 1.23 bits per heavy atom. The van der Waals surface area contributed by atoms with Crippen molar-refractivity contribution in [3.05, 3.63) is 23.8 Å². The monoisotopic (exact) mass is 358 g/mol. The summed E-state index contributed by atoms with van der Waals surface area (Å²) in [5, 5.41) is 15.5. The maximum absolute atomic E-state index is 13.1. The summed E-state index contributed by atoms with van der Waals surface area (Å²) in [4.78, 5) is 26.1. The summed E-state index contributed by atoms with van der Waals surface area (Å²) >= 11 is 0. The van der Waals surface area contributed by atoms with Crippen LogP contribution in [0, 0.1) is 16.2 Å². The first-order valence-corrected chi connectivity index (χ1v) is 8.72. The van der Waals surface area contributed by atoms with E-state index in [4.69, 9.17) is 9.47 Å². The highest BCUT2D eigenvalue weighted by molar-refractivity contribution is 6.50. The third-order valence-corrected chi connectivity index (χ3v) is 6.95. The van der Waals surface area contributed by atoms with E-state index in [1.54, 1.807) is 6.07 Å². The standard InChI is InChI=1S/C19H22N2O5/c1-17(2)18(3)6-7-19(17,15(22)14(18)21-24)16(23)20-9-11-4-5-12-13(8-11)26-10-25-12/h4-5,8,24H,6-7,9-10H2,1-3H3,(H,20,23).